The Kier molecular flexibility index (Phi) is 4.93. The van der Waals surface area contributed by atoms with Gasteiger partial charge in [0.2, 0.25) is 5.91 Å². The number of rotatable bonds is 5. The summed E-state index contributed by atoms with van der Waals surface area (Å²) in [4.78, 5) is 14.1. The van der Waals surface area contributed by atoms with Crippen LogP contribution < -0.4 is 10.6 Å². The van der Waals surface area contributed by atoms with Gasteiger partial charge in [0, 0.05) is 18.3 Å². The Morgan fingerprint density at radius 1 is 1.47 bits per heavy atom. The first kappa shape index (κ1) is 14.0. The standard InChI is InChI=1S/C15H23N3O/c1-12-5-3-6-13(9-12)17-15(19)11-16-10-14-7-4-8-18(14)2/h3,5-6,9,14,16H,4,7-8,10-11H2,1-2H3,(H,17,19). The van der Waals surface area contributed by atoms with Crippen molar-refractivity contribution in [3.8, 4) is 0 Å². The monoisotopic (exact) mass is 261 g/mol. The molecular formula is C15H23N3O. The summed E-state index contributed by atoms with van der Waals surface area (Å²) in [5.74, 6) is 0.0197. The van der Waals surface area contributed by atoms with Crippen molar-refractivity contribution in [1.29, 1.82) is 0 Å². The van der Waals surface area contributed by atoms with Crippen LogP contribution in [0.1, 0.15) is 18.4 Å². The van der Waals surface area contributed by atoms with Gasteiger partial charge in [0.15, 0.2) is 0 Å². The second kappa shape index (κ2) is 6.68. The Balaban J connectivity index is 1.70. The van der Waals surface area contributed by atoms with Crippen molar-refractivity contribution in [1.82, 2.24) is 10.2 Å². The van der Waals surface area contributed by atoms with Gasteiger partial charge in [-0.3, -0.25) is 4.79 Å². The van der Waals surface area contributed by atoms with E-state index in [9.17, 15) is 4.79 Å². The second-order valence-electron chi connectivity index (χ2n) is 5.33. The van der Waals surface area contributed by atoms with Crippen LogP contribution in [-0.4, -0.2) is 43.5 Å². The van der Waals surface area contributed by atoms with Gasteiger partial charge >= 0.3 is 0 Å². The minimum absolute atomic E-state index is 0.0197. The summed E-state index contributed by atoms with van der Waals surface area (Å²) < 4.78 is 0. The number of nitrogens with zero attached hydrogens (tertiary/aromatic N) is 1. The van der Waals surface area contributed by atoms with E-state index in [4.69, 9.17) is 0 Å². The zero-order chi connectivity index (χ0) is 13.7. The van der Waals surface area contributed by atoms with Gasteiger partial charge in [0.1, 0.15) is 0 Å². The molecule has 0 aliphatic carbocycles. The van der Waals surface area contributed by atoms with Gasteiger partial charge in [-0.2, -0.15) is 0 Å². The van der Waals surface area contributed by atoms with Gasteiger partial charge in [-0.15, -0.1) is 0 Å². The van der Waals surface area contributed by atoms with Crippen LogP contribution in [0.2, 0.25) is 0 Å². The molecule has 0 aromatic heterocycles. The molecule has 2 rings (SSSR count). The topological polar surface area (TPSA) is 44.4 Å². The van der Waals surface area contributed by atoms with Crippen LogP contribution in [-0.2, 0) is 4.79 Å². The Bertz CT molecular complexity index is 433. The second-order valence-corrected chi connectivity index (χ2v) is 5.33. The number of benzene rings is 1. The molecule has 104 valence electrons. The molecule has 1 aliphatic rings. The molecule has 1 fully saturated rings. The molecule has 1 atom stereocenters. The van der Waals surface area contributed by atoms with Crippen molar-refractivity contribution in [2.24, 2.45) is 0 Å². The summed E-state index contributed by atoms with van der Waals surface area (Å²) in [6, 6.07) is 8.43. The van der Waals surface area contributed by atoms with E-state index in [-0.39, 0.29) is 5.91 Å². The minimum atomic E-state index is 0.0197. The third-order valence-electron chi connectivity index (χ3n) is 3.64. The fraction of sp³-hybridized carbons (Fsp3) is 0.533. The van der Waals surface area contributed by atoms with Crippen LogP contribution in [0.25, 0.3) is 0 Å². The number of hydrogen-bond donors (Lipinski definition) is 2. The zero-order valence-electron chi connectivity index (χ0n) is 11.8. The third-order valence-corrected chi connectivity index (χ3v) is 3.64. The first-order valence-electron chi connectivity index (χ1n) is 6.92. The van der Waals surface area contributed by atoms with Gasteiger partial charge in [0.05, 0.1) is 6.54 Å². The number of amides is 1. The van der Waals surface area contributed by atoms with E-state index in [1.165, 1.54) is 19.4 Å². The summed E-state index contributed by atoms with van der Waals surface area (Å²) in [5.41, 5.74) is 2.02. The van der Waals surface area contributed by atoms with Gasteiger partial charge in [0.25, 0.3) is 0 Å². The molecular weight excluding hydrogens is 238 g/mol. The van der Waals surface area contributed by atoms with Gasteiger partial charge in [-0.05, 0) is 51.1 Å². The molecule has 1 heterocycles. The molecule has 0 bridgehead atoms. The number of likely N-dealkylation sites (tertiary alicyclic amines) is 1. The van der Waals surface area contributed by atoms with Crippen molar-refractivity contribution in [3.63, 3.8) is 0 Å². The van der Waals surface area contributed by atoms with Crippen molar-refractivity contribution < 1.29 is 4.79 Å². The number of nitrogens with one attached hydrogen (secondary N) is 2. The molecule has 1 amide bonds. The van der Waals surface area contributed by atoms with E-state index >= 15 is 0 Å². The molecule has 2 N–H and O–H groups in total. The first-order chi connectivity index (χ1) is 9.15. The van der Waals surface area contributed by atoms with Crippen LogP contribution in [0.5, 0.6) is 0 Å². The molecule has 1 aromatic rings. The van der Waals surface area contributed by atoms with Gasteiger partial charge in [-0.1, -0.05) is 12.1 Å². The molecule has 1 aromatic carbocycles. The minimum Gasteiger partial charge on any atom is -0.325 e. The molecule has 0 radical (unpaired) electrons. The maximum atomic E-state index is 11.8. The van der Waals surface area contributed by atoms with Crippen LogP contribution in [0.4, 0.5) is 5.69 Å². The maximum absolute atomic E-state index is 11.8. The third kappa shape index (κ3) is 4.33. The highest BCUT2D eigenvalue weighted by atomic mass is 16.1. The van der Waals surface area contributed by atoms with E-state index in [1.807, 2.05) is 31.2 Å². The predicted molar refractivity (Wildman–Crippen MR) is 78.3 cm³/mol. The lowest BCUT2D eigenvalue weighted by molar-refractivity contribution is -0.115. The summed E-state index contributed by atoms with van der Waals surface area (Å²) in [7, 11) is 2.15. The lowest BCUT2D eigenvalue weighted by Gasteiger charge is -2.19. The van der Waals surface area contributed by atoms with Gasteiger partial charge in [-0.25, -0.2) is 0 Å². The van der Waals surface area contributed by atoms with E-state index in [0.717, 1.165) is 17.8 Å². The molecule has 19 heavy (non-hydrogen) atoms. The largest absolute Gasteiger partial charge is 0.325 e. The summed E-state index contributed by atoms with van der Waals surface area (Å²) in [6.45, 7) is 4.45. The zero-order valence-corrected chi connectivity index (χ0v) is 11.8. The lowest BCUT2D eigenvalue weighted by Crippen LogP contribution is -2.38. The molecule has 0 saturated carbocycles. The van der Waals surface area contributed by atoms with Crippen molar-refractivity contribution in [3.05, 3.63) is 29.8 Å². The average molecular weight is 261 g/mol. The quantitative estimate of drug-likeness (QED) is 0.846. The molecule has 1 aliphatic heterocycles. The lowest BCUT2D eigenvalue weighted by atomic mass is 10.2. The number of anilines is 1. The van der Waals surface area contributed by atoms with Gasteiger partial charge < -0.3 is 15.5 Å². The first-order valence-corrected chi connectivity index (χ1v) is 6.92. The fourth-order valence-corrected chi connectivity index (χ4v) is 2.52. The van der Waals surface area contributed by atoms with Crippen LogP contribution >= 0.6 is 0 Å². The molecule has 0 spiro atoms. The Morgan fingerprint density at radius 3 is 3.00 bits per heavy atom. The number of hydrogen-bond acceptors (Lipinski definition) is 3. The van der Waals surface area contributed by atoms with Crippen LogP contribution in [0, 0.1) is 6.92 Å². The Labute approximate surface area is 115 Å². The predicted octanol–water partition coefficient (Wildman–Crippen LogP) is 1.62. The summed E-state index contributed by atoms with van der Waals surface area (Å²) in [5, 5.41) is 6.14. The van der Waals surface area contributed by atoms with E-state index in [1.54, 1.807) is 0 Å². The van der Waals surface area contributed by atoms with Crippen molar-refractivity contribution in [2.75, 3.05) is 32.0 Å². The highest BCUT2D eigenvalue weighted by Gasteiger charge is 2.20. The number of carbonyl (C=O) groups is 1. The SMILES string of the molecule is Cc1cccc(NC(=O)CNCC2CCCN2C)c1. The number of likely N-dealkylation sites (N-methyl/N-ethyl adjacent to an activating group) is 1. The highest BCUT2D eigenvalue weighted by Crippen LogP contribution is 2.13. The van der Waals surface area contributed by atoms with Crippen LogP contribution in [0.15, 0.2) is 24.3 Å². The number of carbonyl (C=O) groups excluding carboxylic acids is 1. The number of aryl methyl sites for hydroxylation is 1. The molecule has 1 saturated heterocycles. The normalized spacial score (nSPS) is 19.6. The molecule has 4 heteroatoms. The Hall–Kier alpha value is -1.39. The maximum Gasteiger partial charge on any atom is 0.238 e. The molecule has 4 nitrogen and oxygen atoms in total. The van der Waals surface area contributed by atoms with Crippen LogP contribution in [0.3, 0.4) is 0 Å². The Morgan fingerprint density at radius 2 is 2.32 bits per heavy atom. The average Bonchev–Trinajstić information content (AvgIpc) is 2.75. The smallest absolute Gasteiger partial charge is 0.238 e. The summed E-state index contributed by atoms with van der Waals surface area (Å²) in [6.07, 6.45) is 2.49. The highest BCUT2D eigenvalue weighted by molar-refractivity contribution is 5.92. The van der Waals surface area contributed by atoms with E-state index in [0.29, 0.717) is 12.6 Å². The summed E-state index contributed by atoms with van der Waals surface area (Å²) >= 11 is 0. The van der Waals surface area contributed by atoms with E-state index < -0.39 is 0 Å². The van der Waals surface area contributed by atoms with E-state index in [2.05, 4.69) is 22.6 Å². The molecule has 1 unspecified atom stereocenters. The van der Waals surface area contributed by atoms with Crippen molar-refractivity contribution >= 4 is 11.6 Å². The fourth-order valence-electron chi connectivity index (χ4n) is 2.52. The van der Waals surface area contributed by atoms with Crippen molar-refractivity contribution in [2.45, 2.75) is 25.8 Å².